The fraction of sp³-hybridized carbons (Fsp3) is 0.185. The number of para-hydroxylation sites is 3. The van der Waals surface area contributed by atoms with Gasteiger partial charge in [-0.2, -0.15) is 15.0 Å². The van der Waals surface area contributed by atoms with Gasteiger partial charge < -0.3 is 20.4 Å². The molecule has 0 bridgehead atoms. The third-order valence-corrected chi connectivity index (χ3v) is 6.59. The Balaban J connectivity index is 1.24. The van der Waals surface area contributed by atoms with E-state index in [1.54, 1.807) is 0 Å². The molecule has 1 aliphatic rings. The van der Waals surface area contributed by atoms with E-state index in [0.717, 1.165) is 24.5 Å². The molecule has 1 aliphatic heterocycles. The predicted molar refractivity (Wildman–Crippen MR) is 145 cm³/mol. The van der Waals surface area contributed by atoms with Crippen LogP contribution in [-0.4, -0.2) is 57.7 Å². The van der Waals surface area contributed by atoms with Gasteiger partial charge >= 0.3 is 0 Å². The largest absolute Gasteiger partial charge is 0.368 e. The van der Waals surface area contributed by atoms with Gasteiger partial charge in [0.25, 0.3) is 0 Å². The second kappa shape index (κ2) is 11.5. The number of nitrogens with zero attached hydrogens (tertiary/aromatic N) is 5. The SMILES string of the molecule is O=C(CSc1nc(Nc2ccccc2)nc(Nc2ccccc2)n1)N1CCN(c2ccccc2)CC1. The summed E-state index contributed by atoms with van der Waals surface area (Å²) in [6, 6.07) is 29.8. The van der Waals surface area contributed by atoms with Gasteiger partial charge in [-0.25, -0.2) is 0 Å². The van der Waals surface area contributed by atoms with Gasteiger partial charge in [0.1, 0.15) is 0 Å². The minimum absolute atomic E-state index is 0.0864. The van der Waals surface area contributed by atoms with E-state index in [2.05, 4.69) is 42.6 Å². The van der Waals surface area contributed by atoms with Gasteiger partial charge in [-0.1, -0.05) is 66.4 Å². The van der Waals surface area contributed by atoms with Crippen LogP contribution in [0.3, 0.4) is 0 Å². The summed E-state index contributed by atoms with van der Waals surface area (Å²) in [7, 11) is 0. The molecule has 1 amide bonds. The Morgan fingerprint density at radius 1 is 0.694 bits per heavy atom. The fourth-order valence-electron chi connectivity index (χ4n) is 3.90. The summed E-state index contributed by atoms with van der Waals surface area (Å²) in [5, 5.41) is 6.94. The number of aromatic nitrogens is 3. The second-order valence-electron chi connectivity index (χ2n) is 8.24. The van der Waals surface area contributed by atoms with Crippen LogP contribution in [-0.2, 0) is 4.79 Å². The maximum Gasteiger partial charge on any atom is 0.233 e. The number of hydrogen-bond acceptors (Lipinski definition) is 8. The summed E-state index contributed by atoms with van der Waals surface area (Å²) >= 11 is 1.32. The van der Waals surface area contributed by atoms with E-state index in [9.17, 15) is 4.79 Å². The maximum atomic E-state index is 13.0. The summed E-state index contributed by atoms with van der Waals surface area (Å²) < 4.78 is 0. The summed E-state index contributed by atoms with van der Waals surface area (Å²) in [5.74, 6) is 1.19. The number of piperazine rings is 1. The Morgan fingerprint density at radius 3 is 1.72 bits per heavy atom. The third-order valence-electron chi connectivity index (χ3n) is 5.75. The molecule has 0 unspecified atom stereocenters. The summed E-state index contributed by atoms with van der Waals surface area (Å²) in [4.78, 5) is 30.8. The summed E-state index contributed by atoms with van der Waals surface area (Å²) in [6.07, 6.45) is 0. The average Bonchev–Trinajstić information content (AvgIpc) is 2.93. The Labute approximate surface area is 214 Å². The highest BCUT2D eigenvalue weighted by atomic mass is 32.2. The van der Waals surface area contributed by atoms with Gasteiger partial charge in [-0.05, 0) is 36.4 Å². The second-order valence-corrected chi connectivity index (χ2v) is 9.18. The topological polar surface area (TPSA) is 86.3 Å². The van der Waals surface area contributed by atoms with Crippen molar-refractivity contribution in [1.82, 2.24) is 19.9 Å². The molecule has 1 saturated heterocycles. The van der Waals surface area contributed by atoms with E-state index >= 15 is 0 Å². The molecule has 2 heterocycles. The number of rotatable bonds is 8. The molecule has 4 aromatic rings. The van der Waals surface area contributed by atoms with Crippen molar-refractivity contribution < 1.29 is 4.79 Å². The molecular weight excluding hydrogens is 470 g/mol. The van der Waals surface area contributed by atoms with Crippen molar-refractivity contribution in [1.29, 1.82) is 0 Å². The zero-order valence-corrected chi connectivity index (χ0v) is 20.6. The van der Waals surface area contributed by atoms with Crippen LogP contribution >= 0.6 is 11.8 Å². The van der Waals surface area contributed by atoms with Crippen molar-refractivity contribution in [3.63, 3.8) is 0 Å². The number of anilines is 5. The molecule has 8 nitrogen and oxygen atoms in total. The van der Waals surface area contributed by atoms with Gasteiger partial charge in [0.05, 0.1) is 5.75 Å². The van der Waals surface area contributed by atoms with Crippen LogP contribution < -0.4 is 15.5 Å². The monoisotopic (exact) mass is 497 g/mol. The van der Waals surface area contributed by atoms with Gasteiger partial charge in [0.15, 0.2) is 5.16 Å². The quantitative estimate of drug-likeness (QED) is 0.336. The molecule has 9 heteroatoms. The predicted octanol–water partition coefficient (Wildman–Crippen LogP) is 4.80. The number of hydrogen-bond donors (Lipinski definition) is 2. The third kappa shape index (κ3) is 6.31. The zero-order valence-electron chi connectivity index (χ0n) is 19.7. The van der Waals surface area contributed by atoms with Crippen molar-refractivity contribution in [3.8, 4) is 0 Å². The lowest BCUT2D eigenvalue weighted by molar-refractivity contribution is -0.128. The molecule has 0 radical (unpaired) electrons. The van der Waals surface area contributed by atoms with E-state index in [1.165, 1.54) is 17.4 Å². The van der Waals surface area contributed by atoms with Crippen molar-refractivity contribution in [2.75, 3.05) is 47.5 Å². The lowest BCUT2D eigenvalue weighted by atomic mass is 10.2. The van der Waals surface area contributed by atoms with Crippen LogP contribution in [0.15, 0.2) is 96.2 Å². The molecule has 2 N–H and O–H groups in total. The van der Waals surface area contributed by atoms with Crippen molar-refractivity contribution in [2.45, 2.75) is 5.16 Å². The van der Waals surface area contributed by atoms with E-state index in [0.29, 0.717) is 30.1 Å². The Morgan fingerprint density at radius 2 is 1.19 bits per heavy atom. The van der Waals surface area contributed by atoms with Crippen molar-refractivity contribution >= 4 is 46.6 Å². The molecule has 0 saturated carbocycles. The first-order valence-electron chi connectivity index (χ1n) is 11.8. The highest BCUT2D eigenvalue weighted by Crippen LogP contribution is 2.22. The van der Waals surface area contributed by atoms with Crippen molar-refractivity contribution in [3.05, 3.63) is 91.0 Å². The first kappa shape index (κ1) is 23.6. The number of nitrogens with one attached hydrogen (secondary N) is 2. The van der Waals surface area contributed by atoms with E-state index in [4.69, 9.17) is 0 Å². The minimum atomic E-state index is 0.0864. The number of amides is 1. The highest BCUT2D eigenvalue weighted by Gasteiger charge is 2.22. The Hall–Kier alpha value is -4.11. The van der Waals surface area contributed by atoms with Crippen LogP contribution in [0.25, 0.3) is 0 Å². The molecule has 182 valence electrons. The van der Waals surface area contributed by atoms with Crippen LogP contribution in [0.4, 0.5) is 29.0 Å². The van der Waals surface area contributed by atoms with Gasteiger partial charge in [0, 0.05) is 43.2 Å². The smallest absolute Gasteiger partial charge is 0.233 e. The average molecular weight is 498 g/mol. The number of benzene rings is 3. The molecule has 1 fully saturated rings. The molecule has 5 rings (SSSR count). The molecule has 0 aliphatic carbocycles. The molecule has 0 atom stereocenters. The Kier molecular flexibility index (Phi) is 7.58. The van der Waals surface area contributed by atoms with E-state index in [-0.39, 0.29) is 11.7 Å². The lowest BCUT2D eigenvalue weighted by Gasteiger charge is -2.36. The lowest BCUT2D eigenvalue weighted by Crippen LogP contribution is -2.49. The number of carbonyl (C=O) groups excluding carboxylic acids is 1. The molecule has 3 aromatic carbocycles. The maximum absolute atomic E-state index is 13.0. The van der Waals surface area contributed by atoms with Crippen LogP contribution in [0, 0.1) is 0 Å². The normalized spacial score (nSPS) is 13.3. The summed E-state index contributed by atoms with van der Waals surface area (Å²) in [6.45, 7) is 3.05. The zero-order chi connectivity index (χ0) is 24.6. The molecule has 0 spiro atoms. The minimum Gasteiger partial charge on any atom is -0.368 e. The highest BCUT2D eigenvalue weighted by molar-refractivity contribution is 7.99. The van der Waals surface area contributed by atoms with E-state index in [1.807, 2.05) is 83.8 Å². The number of thioether (sulfide) groups is 1. The van der Waals surface area contributed by atoms with Crippen LogP contribution in [0.1, 0.15) is 0 Å². The van der Waals surface area contributed by atoms with Crippen LogP contribution in [0.2, 0.25) is 0 Å². The first-order chi connectivity index (χ1) is 17.7. The van der Waals surface area contributed by atoms with Crippen LogP contribution in [0.5, 0.6) is 0 Å². The Bertz CT molecular complexity index is 1210. The summed E-state index contributed by atoms with van der Waals surface area (Å²) in [5.41, 5.74) is 2.94. The molecule has 1 aromatic heterocycles. The molecule has 36 heavy (non-hydrogen) atoms. The van der Waals surface area contributed by atoms with Gasteiger partial charge in [-0.3, -0.25) is 4.79 Å². The fourth-order valence-corrected chi connectivity index (χ4v) is 4.64. The first-order valence-corrected chi connectivity index (χ1v) is 12.8. The molecular formula is C27H27N7OS. The van der Waals surface area contributed by atoms with E-state index < -0.39 is 0 Å². The number of carbonyl (C=O) groups is 1. The van der Waals surface area contributed by atoms with Crippen molar-refractivity contribution in [2.24, 2.45) is 0 Å². The standard InChI is InChI=1S/C27H27N7OS/c35-24(34-18-16-33(17-19-34)23-14-8-3-9-15-23)20-36-27-31-25(28-21-10-4-1-5-11-21)30-26(32-27)29-22-12-6-2-7-13-22/h1-15H,16-20H2,(H2,28,29,30,31,32). The van der Waals surface area contributed by atoms with Gasteiger partial charge in [0.2, 0.25) is 17.8 Å². The van der Waals surface area contributed by atoms with Gasteiger partial charge in [-0.15, -0.1) is 0 Å².